The summed E-state index contributed by atoms with van der Waals surface area (Å²) in [4.78, 5) is 11.2. The number of ether oxygens (including phenoxy) is 1. The predicted octanol–water partition coefficient (Wildman–Crippen LogP) is 4.39. The fourth-order valence-corrected chi connectivity index (χ4v) is 0.824. The van der Waals surface area contributed by atoms with Crippen LogP contribution in [0.25, 0.3) is 0 Å². The van der Waals surface area contributed by atoms with Crippen LogP contribution in [0.3, 0.4) is 0 Å². The lowest BCUT2D eigenvalue weighted by molar-refractivity contribution is -0.436. The summed E-state index contributed by atoms with van der Waals surface area (Å²) >= 11 is 0. The number of esters is 1. The van der Waals surface area contributed by atoms with Gasteiger partial charge in [0.15, 0.2) is 0 Å². The van der Waals surface area contributed by atoms with Crippen LogP contribution in [0.15, 0.2) is 0 Å². The summed E-state index contributed by atoms with van der Waals surface area (Å²) in [5.74, 6) is -16.1. The maximum absolute atomic E-state index is 13.0. The first-order chi connectivity index (χ1) is 8.94. The van der Waals surface area contributed by atoms with Crippen molar-refractivity contribution >= 4 is 5.97 Å². The molecule has 0 N–H and O–H groups in total. The Morgan fingerprint density at radius 3 is 1.52 bits per heavy atom. The Morgan fingerprint density at radius 1 is 0.857 bits per heavy atom. The summed E-state index contributed by atoms with van der Waals surface area (Å²) in [5.41, 5.74) is -1.77. The van der Waals surface area contributed by atoms with Gasteiger partial charge in [-0.15, -0.1) is 0 Å². The highest BCUT2D eigenvalue weighted by Crippen LogP contribution is 2.53. The first-order valence-corrected chi connectivity index (χ1v) is 5.37. The minimum Gasteiger partial charge on any atom is -0.396 e. The normalized spacial score (nSPS) is 15.0. The maximum atomic E-state index is 13.0. The molecule has 0 saturated carbocycles. The molecule has 0 spiro atoms. The molecule has 0 bridgehead atoms. The van der Waals surface area contributed by atoms with E-state index in [4.69, 9.17) is 0 Å². The molecule has 0 amide bonds. The molecule has 2 nitrogen and oxygen atoms in total. The number of alkyl halides is 9. The van der Waals surface area contributed by atoms with E-state index in [0.717, 1.165) is 13.8 Å². The molecule has 0 aliphatic heterocycles. The standard InChI is InChI=1S/C10H11F9O2/c1-4-6(2,3)5(20)21-10(18,19)8(13,14)7(11,12)9(15,16)17/h4H2,1-3H3. The van der Waals surface area contributed by atoms with Crippen molar-refractivity contribution in [3.05, 3.63) is 0 Å². The number of hydrogen-bond donors (Lipinski definition) is 0. The maximum Gasteiger partial charge on any atom is 0.473 e. The van der Waals surface area contributed by atoms with Crippen LogP contribution in [0.2, 0.25) is 0 Å². The van der Waals surface area contributed by atoms with Crippen molar-refractivity contribution in [3.63, 3.8) is 0 Å². The van der Waals surface area contributed by atoms with Crippen LogP contribution in [0.5, 0.6) is 0 Å². The highest BCUT2D eigenvalue weighted by molar-refractivity contribution is 5.76. The van der Waals surface area contributed by atoms with Crippen LogP contribution in [0, 0.1) is 5.41 Å². The van der Waals surface area contributed by atoms with E-state index < -0.39 is 35.5 Å². The molecular weight excluding hydrogens is 323 g/mol. The minimum absolute atomic E-state index is 0.205. The van der Waals surface area contributed by atoms with Gasteiger partial charge in [-0.05, 0) is 20.3 Å². The van der Waals surface area contributed by atoms with E-state index in [1.54, 1.807) is 0 Å². The van der Waals surface area contributed by atoms with Gasteiger partial charge in [0.1, 0.15) is 0 Å². The molecule has 0 aliphatic carbocycles. The molecule has 0 radical (unpaired) electrons. The molecule has 0 aromatic rings. The van der Waals surface area contributed by atoms with Gasteiger partial charge in [0.2, 0.25) is 0 Å². The summed E-state index contributed by atoms with van der Waals surface area (Å²) in [6.45, 7) is 3.19. The Kier molecular flexibility index (Phi) is 4.95. The smallest absolute Gasteiger partial charge is 0.396 e. The van der Waals surface area contributed by atoms with Crippen molar-refractivity contribution < 1.29 is 49.0 Å². The van der Waals surface area contributed by atoms with Gasteiger partial charge in [0.25, 0.3) is 0 Å². The molecule has 11 heteroatoms. The second-order valence-electron chi connectivity index (χ2n) is 4.79. The van der Waals surface area contributed by atoms with Crippen LogP contribution in [-0.4, -0.2) is 30.1 Å². The minimum atomic E-state index is -7.08. The first kappa shape index (κ1) is 19.8. The Balaban J connectivity index is 5.56. The number of carbonyl (C=O) groups is 1. The zero-order valence-electron chi connectivity index (χ0n) is 10.9. The molecule has 0 aromatic carbocycles. The van der Waals surface area contributed by atoms with Crippen molar-refractivity contribution in [2.45, 2.75) is 51.3 Å². The quantitative estimate of drug-likeness (QED) is 0.551. The van der Waals surface area contributed by atoms with Gasteiger partial charge < -0.3 is 4.74 Å². The highest BCUT2D eigenvalue weighted by Gasteiger charge is 2.84. The summed E-state index contributed by atoms with van der Waals surface area (Å²) in [6.07, 6.45) is -13.5. The number of carbonyl (C=O) groups excluding carboxylic acids is 1. The molecule has 0 atom stereocenters. The molecule has 0 saturated heterocycles. The summed E-state index contributed by atoms with van der Waals surface area (Å²) in [6, 6.07) is 0. The molecule has 0 heterocycles. The number of halogens is 9. The van der Waals surface area contributed by atoms with Crippen molar-refractivity contribution in [1.82, 2.24) is 0 Å². The Labute approximate surface area is 113 Å². The van der Waals surface area contributed by atoms with E-state index in [2.05, 4.69) is 4.74 Å². The summed E-state index contributed by atoms with van der Waals surface area (Å²) in [5, 5.41) is 0. The van der Waals surface area contributed by atoms with E-state index in [1.165, 1.54) is 6.92 Å². The van der Waals surface area contributed by atoms with Gasteiger partial charge in [-0.2, -0.15) is 39.5 Å². The van der Waals surface area contributed by atoms with E-state index in [0.29, 0.717) is 0 Å². The van der Waals surface area contributed by atoms with E-state index in [-0.39, 0.29) is 6.42 Å². The van der Waals surface area contributed by atoms with Gasteiger partial charge in [0, 0.05) is 0 Å². The molecular formula is C10H11F9O2. The van der Waals surface area contributed by atoms with Gasteiger partial charge >= 0.3 is 30.1 Å². The van der Waals surface area contributed by atoms with Crippen molar-refractivity contribution in [2.75, 3.05) is 0 Å². The molecule has 0 rings (SSSR count). The van der Waals surface area contributed by atoms with Crippen LogP contribution >= 0.6 is 0 Å². The van der Waals surface area contributed by atoms with Gasteiger partial charge in [-0.3, -0.25) is 4.79 Å². The van der Waals surface area contributed by atoms with Gasteiger partial charge in [0.05, 0.1) is 5.41 Å². The lowest BCUT2D eigenvalue weighted by Gasteiger charge is -2.34. The van der Waals surface area contributed by atoms with Crippen molar-refractivity contribution in [2.24, 2.45) is 5.41 Å². The molecule has 0 aromatic heterocycles. The van der Waals surface area contributed by atoms with Gasteiger partial charge in [-0.1, -0.05) is 6.92 Å². The lowest BCUT2D eigenvalue weighted by Crippen LogP contribution is -2.62. The molecule has 21 heavy (non-hydrogen) atoms. The first-order valence-electron chi connectivity index (χ1n) is 5.37. The highest BCUT2D eigenvalue weighted by atomic mass is 19.4. The van der Waals surface area contributed by atoms with Crippen LogP contribution < -0.4 is 0 Å². The third-order valence-electron chi connectivity index (χ3n) is 2.77. The van der Waals surface area contributed by atoms with E-state index >= 15 is 0 Å². The average molecular weight is 334 g/mol. The number of rotatable bonds is 5. The number of hydrogen-bond acceptors (Lipinski definition) is 2. The van der Waals surface area contributed by atoms with Crippen molar-refractivity contribution in [1.29, 1.82) is 0 Å². The Morgan fingerprint density at radius 2 is 1.24 bits per heavy atom. The van der Waals surface area contributed by atoms with Crippen LogP contribution in [0.1, 0.15) is 27.2 Å². The molecule has 0 unspecified atom stereocenters. The average Bonchev–Trinajstić information content (AvgIpc) is 2.26. The van der Waals surface area contributed by atoms with Gasteiger partial charge in [-0.25, -0.2) is 0 Å². The molecule has 0 aliphatic rings. The van der Waals surface area contributed by atoms with Crippen LogP contribution in [0.4, 0.5) is 39.5 Å². The van der Waals surface area contributed by atoms with E-state index in [9.17, 15) is 44.3 Å². The van der Waals surface area contributed by atoms with Crippen LogP contribution in [-0.2, 0) is 9.53 Å². The second kappa shape index (κ2) is 5.24. The third-order valence-corrected chi connectivity index (χ3v) is 2.77. The predicted molar refractivity (Wildman–Crippen MR) is 51.1 cm³/mol. The Hall–Kier alpha value is -1.16. The lowest BCUT2D eigenvalue weighted by atomic mass is 9.90. The molecule has 126 valence electrons. The zero-order chi connectivity index (χ0) is 17.5. The summed E-state index contributed by atoms with van der Waals surface area (Å²) in [7, 11) is 0. The third kappa shape index (κ3) is 3.37. The Bertz CT molecular complexity index is 398. The largest absolute Gasteiger partial charge is 0.473 e. The molecule has 0 fully saturated rings. The summed E-state index contributed by atoms with van der Waals surface area (Å²) < 4.78 is 115. The second-order valence-corrected chi connectivity index (χ2v) is 4.79. The fraction of sp³-hybridized carbons (Fsp3) is 0.900. The fourth-order valence-electron chi connectivity index (χ4n) is 0.824. The van der Waals surface area contributed by atoms with E-state index in [1.807, 2.05) is 0 Å². The monoisotopic (exact) mass is 334 g/mol. The SMILES string of the molecule is CCC(C)(C)C(=O)OC(F)(F)C(F)(F)C(F)(F)C(F)(F)F. The zero-order valence-corrected chi connectivity index (χ0v) is 10.9. The topological polar surface area (TPSA) is 26.3 Å². The van der Waals surface area contributed by atoms with Crippen molar-refractivity contribution in [3.8, 4) is 0 Å².